The molecule has 0 bridgehead atoms. The van der Waals surface area contributed by atoms with E-state index in [-0.39, 0.29) is 11.6 Å². The van der Waals surface area contributed by atoms with Gasteiger partial charge in [-0.3, -0.25) is 4.79 Å². The zero-order chi connectivity index (χ0) is 19.3. The summed E-state index contributed by atoms with van der Waals surface area (Å²) in [6, 6.07) is 12.5. The van der Waals surface area contributed by atoms with Gasteiger partial charge in [0.05, 0.1) is 11.1 Å². The molecule has 138 valence electrons. The standard InChI is InChI=1S/C19H18F3NO3/c1-13(2)23(16-9-4-3-5-10-16)17(24)12-26-18(25)14-7-6-8-15(11-14)19(20,21)22/h3-11,13H,12H2,1-2H3. The minimum atomic E-state index is -4.56. The van der Waals surface area contributed by atoms with E-state index >= 15 is 0 Å². The van der Waals surface area contributed by atoms with Gasteiger partial charge in [0.2, 0.25) is 0 Å². The molecule has 0 radical (unpaired) electrons. The van der Waals surface area contributed by atoms with E-state index in [1.54, 1.807) is 44.2 Å². The molecule has 0 spiro atoms. The van der Waals surface area contributed by atoms with Gasteiger partial charge < -0.3 is 9.64 Å². The van der Waals surface area contributed by atoms with Gasteiger partial charge in [-0.25, -0.2) is 4.79 Å². The van der Waals surface area contributed by atoms with Gasteiger partial charge in [0.1, 0.15) is 0 Å². The molecule has 7 heteroatoms. The summed E-state index contributed by atoms with van der Waals surface area (Å²) in [5.41, 5.74) is -0.572. The maximum atomic E-state index is 12.7. The number of para-hydroxylation sites is 1. The lowest BCUT2D eigenvalue weighted by Gasteiger charge is -2.26. The summed E-state index contributed by atoms with van der Waals surface area (Å²) < 4.78 is 43.1. The first-order valence-corrected chi connectivity index (χ1v) is 7.91. The van der Waals surface area contributed by atoms with Crippen molar-refractivity contribution in [1.29, 1.82) is 0 Å². The monoisotopic (exact) mass is 365 g/mol. The number of benzene rings is 2. The number of alkyl halides is 3. The molecule has 4 nitrogen and oxygen atoms in total. The summed E-state index contributed by atoms with van der Waals surface area (Å²) in [5, 5.41) is 0. The maximum Gasteiger partial charge on any atom is 0.416 e. The third kappa shape index (κ3) is 4.84. The summed E-state index contributed by atoms with van der Waals surface area (Å²) in [7, 11) is 0. The van der Waals surface area contributed by atoms with Crippen molar-refractivity contribution in [2.45, 2.75) is 26.1 Å². The van der Waals surface area contributed by atoms with E-state index in [1.807, 2.05) is 0 Å². The molecule has 2 aromatic carbocycles. The van der Waals surface area contributed by atoms with Gasteiger partial charge >= 0.3 is 12.1 Å². The Morgan fingerprint density at radius 1 is 1.04 bits per heavy atom. The predicted octanol–water partition coefficient (Wildman–Crippen LogP) is 4.30. The number of halogens is 3. The van der Waals surface area contributed by atoms with Crippen LogP contribution < -0.4 is 4.90 Å². The first kappa shape index (κ1) is 19.5. The van der Waals surface area contributed by atoms with Crippen LogP contribution in [-0.2, 0) is 15.7 Å². The fourth-order valence-corrected chi connectivity index (χ4v) is 2.42. The number of amides is 1. The molecular formula is C19H18F3NO3. The van der Waals surface area contributed by atoms with E-state index in [0.717, 1.165) is 12.1 Å². The van der Waals surface area contributed by atoms with Crippen LogP contribution in [-0.4, -0.2) is 24.5 Å². The van der Waals surface area contributed by atoms with Crippen molar-refractivity contribution in [2.75, 3.05) is 11.5 Å². The Labute approximate surface area is 149 Å². The number of hydrogen-bond donors (Lipinski definition) is 0. The summed E-state index contributed by atoms with van der Waals surface area (Å²) in [6.07, 6.45) is -4.56. The van der Waals surface area contributed by atoms with Crippen molar-refractivity contribution in [3.63, 3.8) is 0 Å². The Kier molecular flexibility index (Phi) is 6.02. The Morgan fingerprint density at radius 3 is 2.27 bits per heavy atom. The summed E-state index contributed by atoms with van der Waals surface area (Å²) in [4.78, 5) is 25.9. The molecule has 0 N–H and O–H groups in total. The summed E-state index contributed by atoms with van der Waals surface area (Å²) >= 11 is 0. The number of esters is 1. The summed E-state index contributed by atoms with van der Waals surface area (Å²) in [6.45, 7) is 3.04. The quantitative estimate of drug-likeness (QED) is 0.742. The smallest absolute Gasteiger partial charge is 0.416 e. The lowest BCUT2D eigenvalue weighted by atomic mass is 10.1. The molecule has 0 aliphatic carbocycles. The number of ether oxygens (including phenoxy) is 1. The van der Waals surface area contributed by atoms with Crippen molar-refractivity contribution in [3.8, 4) is 0 Å². The molecule has 2 aromatic rings. The lowest BCUT2D eigenvalue weighted by Crippen LogP contribution is -2.39. The van der Waals surface area contributed by atoms with Crippen LogP contribution in [0.2, 0.25) is 0 Å². The number of anilines is 1. The van der Waals surface area contributed by atoms with Crippen molar-refractivity contribution in [2.24, 2.45) is 0 Å². The van der Waals surface area contributed by atoms with E-state index < -0.39 is 30.2 Å². The Bertz CT molecular complexity index is 773. The molecule has 0 atom stereocenters. The Morgan fingerprint density at radius 2 is 1.69 bits per heavy atom. The number of nitrogens with zero attached hydrogens (tertiary/aromatic N) is 1. The average Bonchev–Trinajstić information content (AvgIpc) is 2.60. The first-order chi connectivity index (χ1) is 12.2. The molecule has 2 rings (SSSR count). The molecule has 0 aliphatic rings. The lowest BCUT2D eigenvalue weighted by molar-refractivity contribution is -0.137. The van der Waals surface area contributed by atoms with E-state index in [9.17, 15) is 22.8 Å². The van der Waals surface area contributed by atoms with Crippen LogP contribution in [0, 0.1) is 0 Å². The van der Waals surface area contributed by atoms with Crippen LogP contribution >= 0.6 is 0 Å². The summed E-state index contributed by atoms with van der Waals surface area (Å²) in [5.74, 6) is -1.45. The Hall–Kier alpha value is -2.83. The SMILES string of the molecule is CC(C)N(C(=O)COC(=O)c1cccc(C(F)(F)F)c1)c1ccccc1. The molecule has 0 fully saturated rings. The van der Waals surface area contributed by atoms with Crippen LogP contribution in [0.3, 0.4) is 0 Å². The highest BCUT2D eigenvalue weighted by atomic mass is 19.4. The highest BCUT2D eigenvalue weighted by Gasteiger charge is 2.31. The number of rotatable bonds is 5. The average molecular weight is 365 g/mol. The highest BCUT2D eigenvalue weighted by Crippen LogP contribution is 2.29. The van der Waals surface area contributed by atoms with E-state index in [2.05, 4.69) is 0 Å². The Balaban J connectivity index is 2.07. The van der Waals surface area contributed by atoms with Gasteiger partial charge in [-0.2, -0.15) is 13.2 Å². The van der Waals surface area contributed by atoms with Gasteiger partial charge in [-0.1, -0.05) is 24.3 Å². The van der Waals surface area contributed by atoms with Crippen LogP contribution in [0.15, 0.2) is 54.6 Å². The fraction of sp³-hybridized carbons (Fsp3) is 0.263. The molecule has 0 heterocycles. The van der Waals surface area contributed by atoms with E-state index in [4.69, 9.17) is 4.74 Å². The number of carbonyl (C=O) groups is 2. The van der Waals surface area contributed by atoms with Crippen LogP contribution in [0.25, 0.3) is 0 Å². The minimum Gasteiger partial charge on any atom is -0.452 e. The van der Waals surface area contributed by atoms with Crippen LogP contribution in [0.5, 0.6) is 0 Å². The van der Waals surface area contributed by atoms with E-state index in [1.165, 1.54) is 11.0 Å². The molecule has 0 aromatic heterocycles. The second kappa shape index (κ2) is 8.03. The molecule has 0 saturated heterocycles. The van der Waals surface area contributed by atoms with Crippen molar-refractivity contribution in [1.82, 2.24) is 0 Å². The van der Waals surface area contributed by atoms with Crippen molar-refractivity contribution in [3.05, 3.63) is 65.7 Å². The molecule has 26 heavy (non-hydrogen) atoms. The highest BCUT2D eigenvalue weighted by molar-refractivity contribution is 5.97. The van der Waals surface area contributed by atoms with Gasteiger partial charge in [0.25, 0.3) is 5.91 Å². The topological polar surface area (TPSA) is 46.6 Å². The van der Waals surface area contributed by atoms with Gasteiger partial charge in [-0.15, -0.1) is 0 Å². The second-order valence-electron chi connectivity index (χ2n) is 5.85. The van der Waals surface area contributed by atoms with Crippen molar-refractivity contribution < 1.29 is 27.5 Å². The van der Waals surface area contributed by atoms with Crippen molar-refractivity contribution >= 4 is 17.6 Å². The molecule has 0 saturated carbocycles. The van der Waals surface area contributed by atoms with E-state index in [0.29, 0.717) is 11.8 Å². The van der Waals surface area contributed by atoms with Crippen LogP contribution in [0.4, 0.5) is 18.9 Å². The zero-order valence-electron chi connectivity index (χ0n) is 14.3. The fourth-order valence-electron chi connectivity index (χ4n) is 2.42. The van der Waals surface area contributed by atoms with Crippen LogP contribution in [0.1, 0.15) is 29.8 Å². The minimum absolute atomic E-state index is 0.183. The number of hydrogen-bond acceptors (Lipinski definition) is 3. The normalized spacial score (nSPS) is 11.3. The third-order valence-electron chi connectivity index (χ3n) is 3.57. The second-order valence-corrected chi connectivity index (χ2v) is 5.85. The predicted molar refractivity (Wildman–Crippen MR) is 90.8 cm³/mol. The molecule has 0 unspecified atom stereocenters. The maximum absolute atomic E-state index is 12.7. The zero-order valence-corrected chi connectivity index (χ0v) is 14.3. The third-order valence-corrected chi connectivity index (χ3v) is 3.57. The van der Waals surface area contributed by atoms with Gasteiger partial charge in [0, 0.05) is 11.7 Å². The first-order valence-electron chi connectivity index (χ1n) is 7.91. The number of carbonyl (C=O) groups excluding carboxylic acids is 2. The van der Waals surface area contributed by atoms with Gasteiger partial charge in [-0.05, 0) is 44.2 Å². The largest absolute Gasteiger partial charge is 0.452 e. The molecular weight excluding hydrogens is 347 g/mol. The molecule has 1 amide bonds. The molecule has 0 aliphatic heterocycles. The van der Waals surface area contributed by atoms with Gasteiger partial charge in [0.15, 0.2) is 6.61 Å².